The van der Waals surface area contributed by atoms with Crippen molar-refractivity contribution in [1.82, 2.24) is 0 Å². The third-order valence-corrected chi connectivity index (χ3v) is 13.8. The fourth-order valence-electron chi connectivity index (χ4n) is 2.01. The van der Waals surface area contributed by atoms with E-state index in [1.54, 1.807) is 0 Å². The quantitative estimate of drug-likeness (QED) is 0.460. The summed E-state index contributed by atoms with van der Waals surface area (Å²) in [6.07, 6.45) is 17.0. The van der Waals surface area contributed by atoms with Crippen LogP contribution in [0.1, 0.15) is 48.5 Å². The van der Waals surface area contributed by atoms with Gasteiger partial charge in [0.1, 0.15) is 16.8 Å². The minimum absolute atomic E-state index is 0.0351. The summed E-state index contributed by atoms with van der Waals surface area (Å²) in [6, 6.07) is 0. The smallest absolute Gasteiger partial charge is 0.357 e. The molecule has 0 spiro atoms. The molecule has 0 aromatic rings. The molecule has 0 amide bonds. The zero-order chi connectivity index (χ0) is 20.3. The van der Waals surface area contributed by atoms with Gasteiger partial charge in [0.05, 0.1) is 8.07 Å². The standard InChI is InChI=1S/C20H34O3Si2/c1-14-18(5,6)21-25(17(4)24(11,12)13,22-19(7,8)15-2)23-20(9,10)16-3/h1-3,17H,4-13H3. The van der Waals surface area contributed by atoms with Gasteiger partial charge in [-0.05, 0) is 41.5 Å². The molecule has 140 valence electrons. The highest BCUT2D eigenvalue weighted by molar-refractivity contribution is 6.90. The van der Waals surface area contributed by atoms with Crippen LogP contribution < -0.4 is 0 Å². The molecule has 0 bridgehead atoms. The van der Waals surface area contributed by atoms with Crippen molar-refractivity contribution in [1.29, 1.82) is 0 Å². The van der Waals surface area contributed by atoms with E-state index in [-0.39, 0.29) is 5.16 Å². The summed E-state index contributed by atoms with van der Waals surface area (Å²) < 4.78 is 19.3. The Labute approximate surface area is 157 Å². The third kappa shape index (κ3) is 7.02. The van der Waals surface area contributed by atoms with Crippen LogP contribution in [0.25, 0.3) is 0 Å². The number of rotatable bonds is 8. The molecule has 5 heteroatoms. The van der Waals surface area contributed by atoms with Crippen LogP contribution in [0, 0.1) is 37.0 Å². The Kier molecular flexibility index (Phi) is 7.40. The van der Waals surface area contributed by atoms with E-state index in [4.69, 9.17) is 32.5 Å². The van der Waals surface area contributed by atoms with E-state index in [0.29, 0.717) is 0 Å². The van der Waals surface area contributed by atoms with Gasteiger partial charge in [-0.1, -0.05) is 44.3 Å². The molecule has 0 heterocycles. The Hall–Kier alpha value is -1.01. The van der Waals surface area contributed by atoms with Crippen LogP contribution in [0.4, 0.5) is 0 Å². The topological polar surface area (TPSA) is 27.7 Å². The van der Waals surface area contributed by atoms with Crippen LogP contribution in [0.15, 0.2) is 0 Å². The third-order valence-electron chi connectivity index (χ3n) is 4.06. The molecule has 25 heavy (non-hydrogen) atoms. The van der Waals surface area contributed by atoms with E-state index in [2.05, 4.69) is 44.3 Å². The average Bonchev–Trinajstić information content (AvgIpc) is 2.44. The van der Waals surface area contributed by atoms with Gasteiger partial charge in [-0.15, -0.1) is 19.3 Å². The molecule has 0 aliphatic carbocycles. The molecule has 1 unspecified atom stereocenters. The van der Waals surface area contributed by atoms with E-state index in [1.807, 2.05) is 41.5 Å². The van der Waals surface area contributed by atoms with Crippen molar-refractivity contribution in [2.45, 2.75) is 90.1 Å². The lowest BCUT2D eigenvalue weighted by Crippen LogP contribution is -2.64. The molecule has 3 nitrogen and oxygen atoms in total. The molecule has 0 saturated heterocycles. The van der Waals surface area contributed by atoms with Crippen LogP contribution >= 0.6 is 0 Å². The Bertz CT molecular complexity index is 523. The molecule has 0 rings (SSSR count). The van der Waals surface area contributed by atoms with Crippen molar-refractivity contribution in [2.24, 2.45) is 0 Å². The van der Waals surface area contributed by atoms with Crippen LogP contribution in [-0.4, -0.2) is 33.7 Å². The van der Waals surface area contributed by atoms with Crippen molar-refractivity contribution in [3.63, 3.8) is 0 Å². The first-order valence-electron chi connectivity index (χ1n) is 8.50. The second-order valence-electron chi connectivity index (χ2n) is 8.96. The average molecular weight is 379 g/mol. The lowest BCUT2D eigenvalue weighted by Gasteiger charge is -2.47. The van der Waals surface area contributed by atoms with E-state index in [1.165, 1.54) is 0 Å². The van der Waals surface area contributed by atoms with Gasteiger partial charge in [-0.25, -0.2) is 0 Å². The Balaban J connectivity index is 6.48. The van der Waals surface area contributed by atoms with E-state index in [0.717, 1.165) is 0 Å². The minimum Gasteiger partial charge on any atom is -0.357 e. The first-order valence-corrected chi connectivity index (χ1v) is 13.9. The number of hydrogen-bond acceptors (Lipinski definition) is 3. The van der Waals surface area contributed by atoms with Crippen molar-refractivity contribution in [3.05, 3.63) is 0 Å². The molecule has 0 saturated carbocycles. The van der Waals surface area contributed by atoms with E-state index < -0.39 is 33.7 Å². The first kappa shape index (κ1) is 24.0. The maximum absolute atomic E-state index is 6.44. The molecular formula is C20H34O3Si2. The minimum atomic E-state index is -3.37. The van der Waals surface area contributed by atoms with Gasteiger partial charge in [0.2, 0.25) is 0 Å². The van der Waals surface area contributed by atoms with Crippen molar-refractivity contribution >= 4 is 16.9 Å². The number of hydrogen-bond donors (Lipinski definition) is 0. The zero-order valence-corrected chi connectivity index (χ0v) is 19.5. The summed E-state index contributed by atoms with van der Waals surface area (Å²) in [5.74, 6) is 8.03. The highest BCUT2D eigenvalue weighted by atomic mass is 28.4. The highest BCUT2D eigenvalue weighted by Crippen LogP contribution is 2.41. The molecule has 0 aliphatic rings. The maximum atomic E-state index is 6.44. The predicted molar refractivity (Wildman–Crippen MR) is 111 cm³/mol. The summed E-state index contributed by atoms with van der Waals surface area (Å²) in [4.78, 5) is 0. The molecule has 1 atom stereocenters. The molecule has 0 aromatic heterocycles. The molecule has 0 aliphatic heterocycles. The van der Waals surface area contributed by atoms with Crippen molar-refractivity contribution in [2.75, 3.05) is 0 Å². The van der Waals surface area contributed by atoms with Gasteiger partial charge in [0, 0.05) is 5.16 Å². The summed E-state index contributed by atoms with van der Waals surface area (Å²) in [7, 11) is -5.12. The molecule has 0 radical (unpaired) electrons. The SMILES string of the molecule is C#CC(C)(C)O[Si](OC(C)(C)C#C)(OC(C)(C)C#C)C(C)[Si](C)(C)C. The summed E-state index contributed by atoms with van der Waals surface area (Å²) >= 11 is 0. The Morgan fingerprint density at radius 3 is 1.08 bits per heavy atom. The van der Waals surface area contributed by atoms with Gasteiger partial charge in [-0.2, -0.15) is 0 Å². The fraction of sp³-hybridized carbons (Fsp3) is 0.700. The van der Waals surface area contributed by atoms with Crippen LogP contribution in [0.2, 0.25) is 24.8 Å². The second kappa shape index (κ2) is 7.71. The first-order chi connectivity index (χ1) is 11.0. The lowest BCUT2D eigenvalue weighted by atomic mass is 10.2. The molecule has 0 N–H and O–H groups in total. The molecule has 0 aromatic carbocycles. The normalized spacial score (nSPS) is 15.0. The zero-order valence-electron chi connectivity index (χ0n) is 17.5. The summed E-state index contributed by atoms with van der Waals surface area (Å²) in [5.41, 5.74) is -2.60. The summed E-state index contributed by atoms with van der Waals surface area (Å²) in [6.45, 7) is 19.8. The van der Waals surface area contributed by atoms with Gasteiger partial charge >= 0.3 is 8.80 Å². The molecule has 0 fully saturated rings. The Morgan fingerprint density at radius 2 is 0.920 bits per heavy atom. The maximum Gasteiger partial charge on any atom is 0.504 e. The highest BCUT2D eigenvalue weighted by Gasteiger charge is 2.59. The largest absolute Gasteiger partial charge is 0.504 e. The van der Waals surface area contributed by atoms with Gasteiger partial charge in [0.25, 0.3) is 0 Å². The van der Waals surface area contributed by atoms with Crippen LogP contribution in [0.3, 0.4) is 0 Å². The lowest BCUT2D eigenvalue weighted by molar-refractivity contribution is -0.0492. The Morgan fingerprint density at radius 1 is 0.680 bits per heavy atom. The van der Waals surface area contributed by atoms with Gasteiger partial charge < -0.3 is 13.3 Å². The molecular weight excluding hydrogens is 344 g/mol. The van der Waals surface area contributed by atoms with Gasteiger partial charge in [-0.3, -0.25) is 0 Å². The van der Waals surface area contributed by atoms with Crippen LogP contribution in [-0.2, 0) is 13.3 Å². The van der Waals surface area contributed by atoms with Crippen LogP contribution in [0.5, 0.6) is 0 Å². The van der Waals surface area contributed by atoms with Gasteiger partial charge in [0.15, 0.2) is 0 Å². The monoisotopic (exact) mass is 378 g/mol. The fourth-order valence-corrected chi connectivity index (χ4v) is 9.75. The predicted octanol–water partition coefficient (Wildman–Crippen LogP) is 4.48. The van der Waals surface area contributed by atoms with Crippen molar-refractivity contribution < 1.29 is 13.3 Å². The number of terminal acetylenes is 3. The van der Waals surface area contributed by atoms with E-state index in [9.17, 15) is 0 Å². The second-order valence-corrected chi connectivity index (χ2v) is 17.8. The van der Waals surface area contributed by atoms with E-state index >= 15 is 0 Å². The van der Waals surface area contributed by atoms with Crippen molar-refractivity contribution in [3.8, 4) is 37.0 Å². The summed E-state index contributed by atoms with van der Waals surface area (Å²) in [5, 5.41) is 0.0351.